The average molecular weight is 255 g/mol. The van der Waals surface area contributed by atoms with Gasteiger partial charge in [0, 0.05) is 19.1 Å². The summed E-state index contributed by atoms with van der Waals surface area (Å²) in [5.41, 5.74) is -0.777. The normalized spacial score (nSPS) is 32.7. The lowest BCUT2D eigenvalue weighted by Crippen LogP contribution is -2.58. The van der Waals surface area contributed by atoms with Crippen LogP contribution in [0.2, 0.25) is 0 Å². The highest BCUT2D eigenvalue weighted by atomic mass is 16.5. The van der Waals surface area contributed by atoms with E-state index in [1.54, 1.807) is 0 Å². The maximum absolute atomic E-state index is 11.6. The van der Waals surface area contributed by atoms with Crippen molar-refractivity contribution in [1.82, 2.24) is 5.32 Å². The molecule has 2 fully saturated rings. The highest BCUT2D eigenvalue weighted by Crippen LogP contribution is 2.34. The minimum Gasteiger partial charge on any atom is -0.480 e. The molecule has 0 heterocycles. The molecule has 2 aliphatic carbocycles. The van der Waals surface area contributed by atoms with Gasteiger partial charge in [0.15, 0.2) is 0 Å². The number of carbonyl (C=O) groups is 1. The third-order valence-electron chi connectivity index (χ3n) is 3.94. The molecule has 0 aliphatic heterocycles. The maximum Gasteiger partial charge on any atom is 0.324 e. The van der Waals surface area contributed by atoms with E-state index in [2.05, 4.69) is 5.32 Å². The molecule has 0 saturated heterocycles. The quantitative estimate of drug-likeness (QED) is 0.763. The van der Waals surface area contributed by atoms with Crippen molar-refractivity contribution in [3.05, 3.63) is 0 Å². The Hall–Kier alpha value is -0.610. The van der Waals surface area contributed by atoms with Crippen LogP contribution in [0.1, 0.15) is 52.4 Å². The minimum absolute atomic E-state index is 0.113. The van der Waals surface area contributed by atoms with Gasteiger partial charge in [0.1, 0.15) is 5.54 Å². The Morgan fingerprint density at radius 3 is 2.72 bits per heavy atom. The van der Waals surface area contributed by atoms with Crippen molar-refractivity contribution in [3.8, 4) is 0 Å². The van der Waals surface area contributed by atoms with E-state index in [1.165, 1.54) is 12.8 Å². The van der Waals surface area contributed by atoms with Crippen LogP contribution in [0.25, 0.3) is 0 Å². The predicted molar refractivity (Wildman–Crippen MR) is 69.6 cm³/mol. The molecule has 0 bridgehead atoms. The van der Waals surface area contributed by atoms with Crippen LogP contribution < -0.4 is 5.32 Å². The zero-order valence-electron chi connectivity index (χ0n) is 11.4. The average Bonchev–Trinajstić information content (AvgIpc) is 3.09. The first-order valence-electron chi connectivity index (χ1n) is 7.14. The summed E-state index contributed by atoms with van der Waals surface area (Å²) in [6.07, 6.45) is 5.92. The molecule has 4 heteroatoms. The molecule has 0 radical (unpaired) electrons. The topological polar surface area (TPSA) is 58.6 Å². The molecular formula is C14H25NO3. The molecule has 2 rings (SSSR count). The zero-order chi connectivity index (χ0) is 13.2. The summed E-state index contributed by atoms with van der Waals surface area (Å²) in [5.74, 6) is 0.0140. The van der Waals surface area contributed by atoms with Gasteiger partial charge >= 0.3 is 5.97 Å². The van der Waals surface area contributed by atoms with Gasteiger partial charge in [0.2, 0.25) is 0 Å². The largest absolute Gasteiger partial charge is 0.480 e. The summed E-state index contributed by atoms with van der Waals surface area (Å²) in [6, 6.07) is 0.184. The third kappa shape index (κ3) is 3.45. The second-order valence-electron chi connectivity index (χ2n) is 6.18. The maximum atomic E-state index is 11.6. The van der Waals surface area contributed by atoms with Crippen LogP contribution in [0.5, 0.6) is 0 Å². The molecule has 0 aromatic carbocycles. The molecule has 2 unspecified atom stereocenters. The fraction of sp³-hybridized carbons (Fsp3) is 0.929. The van der Waals surface area contributed by atoms with Crippen LogP contribution >= 0.6 is 0 Å². The SMILES string of the molecule is CC(C)NC1(C(=O)O)CCCC(OCC2CC2)C1. The second kappa shape index (κ2) is 5.57. The fourth-order valence-corrected chi connectivity index (χ4v) is 2.86. The van der Waals surface area contributed by atoms with Crippen molar-refractivity contribution in [2.75, 3.05) is 6.61 Å². The van der Waals surface area contributed by atoms with Gasteiger partial charge in [0.25, 0.3) is 0 Å². The first-order chi connectivity index (χ1) is 8.52. The first-order valence-corrected chi connectivity index (χ1v) is 7.14. The van der Waals surface area contributed by atoms with Gasteiger partial charge in [-0.3, -0.25) is 10.1 Å². The monoisotopic (exact) mass is 255 g/mol. The van der Waals surface area contributed by atoms with E-state index in [0.29, 0.717) is 12.8 Å². The van der Waals surface area contributed by atoms with Crippen molar-refractivity contribution >= 4 is 5.97 Å². The summed E-state index contributed by atoms with van der Waals surface area (Å²) >= 11 is 0. The molecule has 2 saturated carbocycles. The first kappa shape index (κ1) is 13.8. The number of nitrogens with one attached hydrogen (secondary N) is 1. The molecule has 0 aromatic rings. The molecule has 4 nitrogen and oxygen atoms in total. The number of ether oxygens (including phenoxy) is 1. The Bertz CT molecular complexity index is 301. The van der Waals surface area contributed by atoms with Crippen LogP contribution in [-0.2, 0) is 9.53 Å². The number of carboxylic acids is 1. The molecule has 2 N–H and O–H groups in total. The van der Waals surface area contributed by atoms with Crippen LogP contribution in [0.15, 0.2) is 0 Å². The number of aliphatic carboxylic acids is 1. The summed E-state index contributed by atoms with van der Waals surface area (Å²) in [6.45, 7) is 4.82. The Morgan fingerprint density at radius 2 is 2.17 bits per heavy atom. The summed E-state index contributed by atoms with van der Waals surface area (Å²) in [7, 11) is 0. The van der Waals surface area contributed by atoms with Gasteiger partial charge in [-0.1, -0.05) is 0 Å². The zero-order valence-corrected chi connectivity index (χ0v) is 11.4. The molecule has 0 aromatic heterocycles. The summed E-state index contributed by atoms with van der Waals surface area (Å²) in [5, 5.41) is 12.8. The van der Waals surface area contributed by atoms with Crippen molar-refractivity contribution in [1.29, 1.82) is 0 Å². The molecular weight excluding hydrogens is 230 g/mol. The van der Waals surface area contributed by atoms with Gasteiger partial charge in [-0.25, -0.2) is 0 Å². The van der Waals surface area contributed by atoms with Crippen LogP contribution in [-0.4, -0.2) is 35.4 Å². The van der Waals surface area contributed by atoms with Crippen LogP contribution in [0.3, 0.4) is 0 Å². The Morgan fingerprint density at radius 1 is 1.44 bits per heavy atom. The Balaban J connectivity index is 1.93. The molecule has 18 heavy (non-hydrogen) atoms. The van der Waals surface area contributed by atoms with Gasteiger partial charge in [-0.15, -0.1) is 0 Å². The second-order valence-corrected chi connectivity index (χ2v) is 6.18. The number of carboxylic acid groups (broad SMARTS) is 1. The number of hydrogen-bond acceptors (Lipinski definition) is 3. The van der Waals surface area contributed by atoms with Crippen molar-refractivity contribution < 1.29 is 14.6 Å². The minimum atomic E-state index is -0.777. The van der Waals surface area contributed by atoms with Crippen molar-refractivity contribution in [2.45, 2.75) is 70.1 Å². The van der Waals surface area contributed by atoms with E-state index < -0.39 is 11.5 Å². The fourth-order valence-electron chi connectivity index (χ4n) is 2.86. The number of hydrogen-bond donors (Lipinski definition) is 2. The Kier molecular flexibility index (Phi) is 4.28. The van der Waals surface area contributed by atoms with Crippen molar-refractivity contribution in [3.63, 3.8) is 0 Å². The summed E-state index contributed by atoms with van der Waals surface area (Å²) < 4.78 is 5.89. The predicted octanol–water partition coefficient (Wildman–Crippen LogP) is 2.18. The van der Waals surface area contributed by atoms with Gasteiger partial charge in [-0.2, -0.15) is 0 Å². The lowest BCUT2D eigenvalue weighted by atomic mass is 9.79. The van der Waals surface area contributed by atoms with Gasteiger partial charge in [-0.05, 0) is 51.9 Å². The van der Waals surface area contributed by atoms with Gasteiger partial charge in [0.05, 0.1) is 6.10 Å². The number of rotatable bonds is 6. The molecule has 0 spiro atoms. The van der Waals surface area contributed by atoms with E-state index in [-0.39, 0.29) is 12.1 Å². The lowest BCUT2D eigenvalue weighted by Gasteiger charge is -2.39. The lowest BCUT2D eigenvalue weighted by molar-refractivity contribution is -0.149. The standard InChI is InChI=1S/C14H25NO3/c1-10(2)15-14(13(16)17)7-3-4-12(8-14)18-9-11-5-6-11/h10-12,15H,3-9H2,1-2H3,(H,16,17). The van der Waals surface area contributed by atoms with Crippen LogP contribution in [0, 0.1) is 5.92 Å². The van der Waals surface area contributed by atoms with Crippen LogP contribution in [0.4, 0.5) is 0 Å². The van der Waals surface area contributed by atoms with Gasteiger partial charge < -0.3 is 9.84 Å². The molecule has 0 amide bonds. The Labute approximate surface area is 109 Å². The molecule has 2 atom stereocenters. The smallest absolute Gasteiger partial charge is 0.324 e. The molecule has 2 aliphatic rings. The van der Waals surface area contributed by atoms with E-state index >= 15 is 0 Å². The van der Waals surface area contributed by atoms with E-state index in [9.17, 15) is 9.90 Å². The third-order valence-corrected chi connectivity index (χ3v) is 3.94. The van der Waals surface area contributed by atoms with Crippen molar-refractivity contribution in [2.24, 2.45) is 5.92 Å². The van der Waals surface area contributed by atoms with E-state index in [4.69, 9.17) is 4.74 Å². The highest BCUT2D eigenvalue weighted by molar-refractivity contribution is 5.79. The van der Waals surface area contributed by atoms with E-state index in [0.717, 1.165) is 25.4 Å². The highest BCUT2D eigenvalue weighted by Gasteiger charge is 2.43. The molecule has 104 valence electrons. The van der Waals surface area contributed by atoms with E-state index in [1.807, 2.05) is 13.8 Å². The summed E-state index contributed by atoms with van der Waals surface area (Å²) in [4.78, 5) is 11.6.